The van der Waals surface area contributed by atoms with Crippen LogP contribution in [0.1, 0.15) is 30.5 Å². The molecule has 0 radical (unpaired) electrons. The van der Waals surface area contributed by atoms with E-state index in [1.807, 2.05) is 0 Å². The summed E-state index contributed by atoms with van der Waals surface area (Å²) in [6.45, 7) is 0.0276. The lowest BCUT2D eigenvalue weighted by Crippen LogP contribution is -2.43. The molecule has 1 saturated carbocycles. The van der Waals surface area contributed by atoms with Crippen molar-refractivity contribution in [1.29, 1.82) is 0 Å². The molecule has 3 N–H and O–H groups in total. The highest BCUT2D eigenvalue weighted by molar-refractivity contribution is 7.80. The Hall–Kier alpha value is -1.41. The molecule has 1 aliphatic rings. The maximum Gasteiger partial charge on any atom is 0.433 e. The van der Waals surface area contributed by atoms with Crippen LogP contribution in [-0.4, -0.2) is 34.3 Å². The number of nitrogens with two attached hydrogens (primary N) is 1. The lowest BCUT2D eigenvalue weighted by atomic mass is 9.91. The van der Waals surface area contributed by atoms with Gasteiger partial charge in [-0.1, -0.05) is 12.2 Å². The van der Waals surface area contributed by atoms with E-state index in [4.69, 9.17) is 23.1 Å². The molecule has 8 heteroatoms. The summed E-state index contributed by atoms with van der Waals surface area (Å²) in [4.78, 5) is 5.38. The first-order valence-corrected chi connectivity index (χ1v) is 7.01. The summed E-state index contributed by atoms with van der Waals surface area (Å²) >= 11 is 4.90. The summed E-state index contributed by atoms with van der Waals surface area (Å²) in [7, 11) is 0. The molecule has 0 atom stereocenters. The molecule has 0 saturated heterocycles. The first-order valence-electron chi connectivity index (χ1n) is 6.60. The molecule has 0 bridgehead atoms. The molecule has 0 spiro atoms. The van der Waals surface area contributed by atoms with Gasteiger partial charge in [0.15, 0.2) is 0 Å². The van der Waals surface area contributed by atoms with Gasteiger partial charge in [0.2, 0.25) is 0 Å². The van der Waals surface area contributed by atoms with Gasteiger partial charge >= 0.3 is 6.18 Å². The topological polar surface area (TPSA) is 62.4 Å². The van der Waals surface area contributed by atoms with Gasteiger partial charge in [-0.15, -0.1) is 0 Å². The van der Waals surface area contributed by atoms with E-state index < -0.39 is 11.9 Å². The molecule has 4 nitrogen and oxygen atoms in total. The second-order valence-electron chi connectivity index (χ2n) is 4.93. The third-order valence-electron chi connectivity index (χ3n) is 3.56. The van der Waals surface area contributed by atoms with Crippen molar-refractivity contribution in [3.05, 3.63) is 23.4 Å². The predicted octanol–water partition coefficient (Wildman–Crippen LogP) is 2.09. The standard InChI is InChI=1S/C13H16F3N3OS/c14-13(15,16)10-5-4-9(11(17)21)12(18-10)19(6-7-20)8-2-1-3-8/h4-5,8,20H,1-3,6-7H2,(H2,17,21). The highest BCUT2D eigenvalue weighted by atomic mass is 32.1. The highest BCUT2D eigenvalue weighted by Crippen LogP contribution is 2.34. The molecule has 21 heavy (non-hydrogen) atoms. The Morgan fingerprint density at radius 3 is 2.52 bits per heavy atom. The Morgan fingerprint density at radius 1 is 1.43 bits per heavy atom. The Bertz CT molecular complexity index is 532. The molecule has 0 amide bonds. The third kappa shape index (κ3) is 3.44. The van der Waals surface area contributed by atoms with Crippen LogP contribution in [0.15, 0.2) is 12.1 Å². The molecule has 0 unspecified atom stereocenters. The Kier molecular flexibility index (Phi) is 4.67. The summed E-state index contributed by atoms with van der Waals surface area (Å²) in [5, 5.41) is 9.17. The number of hydrogen-bond donors (Lipinski definition) is 2. The molecule has 0 aromatic carbocycles. The van der Waals surface area contributed by atoms with Crippen LogP contribution in [0.25, 0.3) is 0 Å². The third-order valence-corrected chi connectivity index (χ3v) is 3.78. The number of hydrogen-bond acceptors (Lipinski definition) is 4. The smallest absolute Gasteiger partial charge is 0.395 e. The van der Waals surface area contributed by atoms with Gasteiger partial charge in [-0.05, 0) is 31.4 Å². The van der Waals surface area contributed by atoms with E-state index in [1.54, 1.807) is 4.90 Å². The van der Waals surface area contributed by atoms with Gasteiger partial charge in [0.25, 0.3) is 0 Å². The molecular formula is C13H16F3N3OS. The number of halogens is 3. The Labute approximate surface area is 125 Å². The molecule has 2 rings (SSSR count). The number of rotatable bonds is 5. The average Bonchev–Trinajstić information content (AvgIpc) is 2.34. The number of nitrogens with zero attached hydrogens (tertiary/aromatic N) is 2. The number of thiocarbonyl (C=S) groups is 1. The molecule has 0 aliphatic heterocycles. The van der Waals surface area contributed by atoms with Crippen molar-refractivity contribution in [2.75, 3.05) is 18.1 Å². The minimum Gasteiger partial charge on any atom is -0.395 e. The monoisotopic (exact) mass is 319 g/mol. The minimum absolute atomic E-state index is 0.00603. The van der Waals surface area contributed by atoms with Crippen LogP contribution in [0.2, 0.25) is 0 Å². The van der Waals surface area contributed by atoms with Crippen molar-refractivity contribution in [3.63, 3.8) is 0 Å². The van der Waals surface area contributed by atoms with Crippen molar-refractivity contribution >= 4 is 23.0 Å². The van der Waals surface area contributed by atoms with Crippen molar-refractivity contribution in [2.24, 2.45) is 5.73 Å². The number of aliphatic hydroxyl groups excluding tert-OH is 1. The van der Waals surface area contributed by atoms with Gasteiger partial charge in [-0.3, -0.25) is 0 Å². The molecule has 1 aromatic heterocycles. The molecule has 116 valence electrons. The Balaban J connectivity index is 2.47. The number of pyridine rings is 1. The maximum absolute atomic E-state index is 12.9. The van der Waals surface area contributed by atoms with Gasteiger partial charge in [-0.25, -0.2) is 4.98 Å². The van der Waals surface area contributed by atoms with E-state index in [9.17, 15) is 13.2 Å². The van der Waals surface area contributed by atoms with Gasteiger partial charge in [-0.2, -0.15) is 13.2 Å². The van der Waals surface area contributed by atoms with Crippen molar-refractivity contribution in [2.45, 2.75) is 31.5 Å². The van der Waals surface area contributed by atoms with Gasteiger partial charge in [0.1, 0.15) is 16.5 Å². The number of aromatic nitrogens is 1. The van der Waals surface area contributed by atoms with E-state index in [-0.39, 0.29) is 30.0 Å². The molecule has 1 heterocycles. The van der Waals surface area contributed by atoms with Crippen LogP contribution in [0, 0.1) is 0 Å². The molecule has 1 aliphatic carbocycles. The fourth-order valence-corrected chi connectivity index (χ4v) is 2.44. The van der Waals surface area contributed by atoms with E-state index in [0.717, 1.165) is 25.3 Å². The lowest BCUT2D eigenvalue weighted by Gasteiger charge is -2.39. The van der Waals surface area contributed by atoms with Crippen molar-refractivity contribution in [3.8, 4) is 0 Å². The van der Waals surface area contributed by atoms with E-state index in [1.165, 1.54) is 6.07 Å². The summed E-state index contributed by atoms with van der Waals surface area (Å²) in [6, 6.07) is 2.19. The van der Waals surface area contributed by atoms with Crippen LogP contribution in [-0.2, 0) is 6.18 Å². The quantitative estimate of drug-likeness (QED) is 0.814. The largest absolute Gasteiger partial charge is 0.433 e. The summed E-state index contributed by atoms with van der Waals surface area (Å²) < 4.78 is 38.6. The number of alkyl halides is 3. The molecular weight excluding hydrogens is 303 g/mol. The minimum atomic E-state index is -4.53. The number of anilines is 1. The van der Waals surface area contributed by atoms with E-state index >= 15 is 0 Å². The van der Waals surface area contributed by atoms with Crippen LogP contribution >= 0.6 is 12.2 Å². The normalized spacial score (nSPS) is 15.6. The Morgan fingerprint density at radius 2 is 2.10 bits per heavy atom. The number of aliphatic hydroxyl groups is 1. The lowest BCUT2D eigenvalue weighted by molar-refractivity contribution is -0.141. The van der Waals surface area contributed by atoms with Gasteiger partial charge in [0.05, 0.1) is 12.2 Å². The van der Waals surface area contributed by atoms with Crippen molar-refractivity contribution < 1.29 is 18.3 Å². The SMILES string of the molecule is NC(=S)c1ccc(C(F)(F)F)nc1N(CCO)C1CCC1. The van der Waals surface area contributed by atoms with Crippen molar-refractivity contribution in [1.82, 2.24) is 4.98 Å². The fraction of sp³-hybridized carbons (Fsp3) is 0.538. The second kappa shape index (κ2) is 6.15. The first kappa shape index (κ1) is 16.0. The molecule has 1 aromatic rings. The fourth-order valence-electron chi connectivity index (χ4n) is 2.29. The summed E-state index contributed by atoms with van der Waals surface area (Å²) in [5.74, 6) is 0.107. The highest BCUT2D eigenvalue weighted by Gasteiger charge is 2.35. The van der Waals surface area contributed by atoms with Crippen LogP contribution in [0.5, 0.6) is 0 Å². The zero-order chi connectivity index (χ0) is 15.6. The predicted molar refractivity (Wildman–Crippen MR) is 77.2 cm³/mol. The second-order valence-corrected chi connectivity index (χ2v) is 5.37. The summed E-state index contributed by atoms with van der Waals surface area (Å²) in [5.41, 5.74) is 4.91. The van der Waals surface area contributed by atoms with Crippen LogP contribution in [0.4, 0.5) is 19.0 Å². The van der Waals surface area contributed by atoms with E-state index in [2.05, 4.69) is 4.98 Å². The van der Waals surface area contributed by atoms with Crippen LogP contribution < -0.4 is 10.6 Å². The average molecular weight is 319 g/mol. The van der Waals surface area contributed by atoms with E-state index in [0.29, 0.717) is 5.56 Å². The molecule has 1 fully saturated rings. The summed E-state index contributed by atoms with van der Waals surface area (Å²) in [6.07, 6.45) is -1.81. The first-order chi connectivity index (χ1) is 9.84. The van der Waals surface area contributed by atoms with Crippen LogP contribution in [0.3, 0.4) is 0 Å². The van der Waals surface area contributed by atoms with Gasteiger partial charge < -0.3 is 15.7 Å². The zero-order valence-electron chi connectivity index (χ0n) is 11.2. The maximum atomic E-state index is 12.9. The van der Waals surface area contributed by atoms with Gasteiger partial charge in [0, 0.05) is 12.6 Å². The zero-order valence-corrected chi connectivity index (χ0v) is 12.0.